The molecule has 0 saturated carbocycles. The Balaban J connectivity index is 1.67. The molecule has 0 heterocycles. The molecular weight excluding hydrogens is 326 g/mol. The average molecular weight is 347 g/mol. The van der Waals surface area contributed by atoms with Crippen molar-refractivity contribution in [3.63, 3.8) is 0 Å². The third-order valence-electron chi connectivity index (χ3n) is 4.30. The quantitative estimate of drug-likeness (QED) is 0.660. The molecule has 0 aromatic heterocycles. The molecular formula is C21H21N3O2. The van der Waals surface area contributed by atoms with Crippen molar-refractivity contribution in [1.82, 2.24) is 10.6 Å². The summed E-state index contributed by atoms with van der Waals surface area (Å²) in [6.45, 7) is 2.30. The third kappa shape index (κ3) is 4.19. The van der Waals surface area contributed by atoms with Gasteiger partial charge < -0.3 is 16.4 Å². The maximum atomic E-state index is 12.5. The van der Waals surface area contributed by atoms with Crippen molar-refractivity contribution in [3.8, 4) is 0 Å². The van der Waals surface area contributed by atoms with E-state index in [1.54, 1.807) is 24.3 Å². The number of fused-ring (bicyclic) bond motifs is 1. The number of benzene rings is 3. The predicted molar refractivity (Wildman–Crippen MR) is 103 cm³/mol. The van der Waals surface area contributed by atoms with Crippen LogP contribution in [-0.4, -0.2) is 11.9 Å². The Morgan fingerprint density at radius 3 is 2.35 bits per heavy atom. The number of carbonyl (C=O) groups excluding carboxylic acids is 2. The standard InChI is InChI=1S/C21H21N3O2/c1-14(18-11-10-16-4-2-3-5-19(16)12-18)24-20(25)17-8-6-15(7-9-17)13-23-21(22)26/h2-12,14H,13H2,1H3,(H,24,25)(H3,22,23,26). The first-order chi connectivity index (χ1) is 12.5. The molecule has 3 aromatic rings. The number of primary amides is 1. The molecule has 5 nitrogen and oxygen atoms in total. The fraction of sp³-hybridized carbons (Fsp3) is 0.143. The fourth-order valence-electron chi connectivity index (χ4n) is 2.80. The summed E-state index contributed by atoms with van der Waals surface area (Å²) < 4.78 is 0. The number of hydrogen-bond acceptors (Lipinski definition) is 2. The van der Waals surface area contributed by atoms with Crippen LogP contribution >= 0.6 is 0 Å². The molecule has 0 aliphatic heterocycles. The van der Waals surface area contributed by atoms with E-state index in [1.165, 1.54) is 5.39 Å². The summed E-state index contributed by atoms with van der Waals surface area (Å²) in [6.07, 6.45) is 0. The molecule has 3 rings (SSSR count). The van der Waals surface area contributed by atoms with Crippen LogP contribution in [0.3, 0.4) is 0 Å². The van der Waals surface area contributed by atoms with Gasteiger partial charge >= 0.3 is 6.03 Å². The second-order valence-electron chi connectivity index (χ2n) is 6.22. The Morgan fingerprint density at radius 2 is 1.65 bits per heavy atom. The minimum absolute atomic E-state index is 0.108. The van der Waals surface area contributed by atoms with Gasteiger partial charge in [0.25, 0.3) is 5.91 Å². The van der Waals surface area contributed by atoms with E-state index in [9.17, 15) is 9.59 Å². The summed E-state index contributed by atoms with van der Waals surface area (Å²) in [4.78, 5) is 23.2. The van der Waals surface area contributed by atoms with Crippen LogP contribution < -0.4 is 16.4 Å². The van der Waals surface area contributed by atoms with Crippen LogP contribution in [0, 0.1) is 0 Å². The molecule has 3 aromatic carbocycles. The zero-order chi connectivity index (χ0) is 18.5. The Kier molecular flexibility index (Phi) is 5.17. The Hall–Kier alpha value is -3.34. The molecule has 0 bridgehead atoms. The third-order valence-corrected chi connectivity index (χ3v) is 4.30. The topological polar surface area (TPSA) is 84.2 Å². The number of nitrogens with one attached hydrogen (secondary N) is 2. The molecule has 5 heteroatoms. The molecule has 0 radical (unpaired) electrons. The highest BCUT2D eigenvalue weighted by atomic mass is 16.2. The van der Waals surface area contributed by atoms with Crippen molar-refractivity contribution < 1.29 is 9.59 Å². The van der Waals surface area contributed by atoms with Crippen molar-refractivity contribution in [2.24, 2.45) is 5.73 Å². The van der Waals surface area contributed by atoms with Gasteiger partial charge in [-0.15, -0.1) is 0 Å². The lowest BCUT2D eigenvalue weighted by atomic mass is 10.0. The maximum Gasteiger partial charge on any atom is 0.312 e. The Bertz CT molecular complexity index is 935. The smallest absolute Gasteiger partial charge is 0.312 e. The fourth-order valence-corrected chi connectivity index (χ4v) is 2.80. The van der Waals surface area contributed by atoms with Gasteiger partial charge in [0.1, 0.15) is 0 Å². The van der Waals surface area contributed by atoms with Crippen LogP contribution in [0.5, 0.6) is 0 Å². The number of hydrogen-bond donors (Lipinski definition) is 3. The molecule has 0 aliphatic carbocycles. The molecule has 0 spiro atoms. The average Bonchev–Trinajstić information content (AvgIpc) is 2.66. The molecule has 0 saturated heterocycles. The Morgan fingerprint density at radius 1 is 0.962 bits per heavy atom. The van der Waals surface area contributed by atoms with Gasteiger partial charge in [-0.25, -0.2) is 4.79 Å². The molecule has 3 amide bonds. The molecule has 0 fully saturated rings. The first-order valence-electron chi connectivity index (χ1n) is 8.45. The zero-order valence-corrected chi connectivity index (χ0v) is 14.5. The van der Waals surface area contributed by atoms with Crippen LogP contribution in [0.25, 0.3) is 10.8 Å². The van der Waals surface area contributed by atoms with Gasteiger partial charge in [0.05, 0.1) is 6.04 Å². The van der Waals surface area contributed by atoms with Gasteiger partial charge in [0, 0.05) is 12.1 Å². The maximum absolute atomic E-state index is 12.5. The summed E-state index contributed by atoms with van der Waals surface area (Å²) >= 11 is 0. The highest BCUT2D eigenvalue weighted by Gasteiger charge is 2.12. The van der Waals surface area contributed by atoms with E-state index in [4.69, 9.17) is 5.73 Å². The minimum atomic E-state index is -0.573. The van der Waals surface area contributed by atoms with Gasteiger partial charge in [-0.2, -0.15) is 0 Å². The first kappa shape index (κ1) is 17.5. The normalized spacial score (nSPS) is 11.7. The molecule has 0 aliphatic rings. The van der Waals surface area contributed by atoms with Crippen molar-refractivity contribution in [3.05, 3.63) is 83.4 Å². The highest BCUT2D eigenvalue weighted by molar-refractivity contribution is 5.94. The summed E-state index contributed by atoms with van der Waals surface area (Å²) in [6, 6.07) is 20.7. The SMILES string of the molecule is CC(NC(=O)c1ccc(CNC(N)=O)cc1)c1ccc2ccccc2c1. The van der Waals surface area contributed by atoms with Gasteiger partial charge in [0.2, 0.25) is 0 Å². The van der Waals surface area contributed by atoms with E-state index in [2.05, 4.69) is 34.9 Å². The van der Waals surface area contributed by atoms with Gasteiger partial charge in [-0.1, -0.05) is 48.5 Å². The zero-order valence-electron chi connectivity index (χ0n) is 14.5. The number of carbonyl (C=O) groups is 2. The van der Waals surface area contributed by atoms with Gasteiger partial charge in [-0.05, 0) is 47.0 Å². The highest BCUT2D eigenvalue weighted by Crippen LogP contribution is 2.20. The lowest BCUT2D eigenvalue weighted by Crippen LogP contribution is -2.28. The second-order valence-corrected chi connectivity index (χ2v) is 6.22. The van der Waals surface area contributed by atoms with Crippen molar-refractivity contribution in [2.75, 3.05) is 0 Å². The molecule has 132 valence electrons. The summed E-state index contributed by atoms with van der Waals surface area (Å²) in [7, 11) is 0. The van der Waals surface area contributed by atoms with Crippen LogP contribution in [0.4, 0.5) is 4.79 Å². The van der Waals surface area contributed by atoms with Crippen LogP contribution in [0.2, 0.25) is 0 Å². The van der Waals surface area contributed by atoms with Crippen LogP contribution in [0.1, 0.15) is 34.5 Å². The van der Waals surface area contributed by atoms with Gasteiger partial charge in [-0.3, -0.25) is 4.79 Å². The van der Waals surface area contributed by atoms with Crippen molar-refractivity contribution in [1.29, 1.82) is 0 Å². The predicted octanol–water partition coefficient (Wildman–Crippen LogP) is 3.50. The van der Waals surface area contributed by atoms with E-state index < -0.39 is 6.03 Å². The lowest BCUT2D eigenvalue weighted by molar-refractivity contribution is 0.0940. The van der Waals surface area contributed by atoms with Crippen LogP contribution in [0.15, 0.2) is 66.7 Å². The monoisotopic (exact) mass is 347 g/mol. The van der Waals surface area contributed by atoms with E-state index in [-0.39, 0.29) is 11.9 Å². The summed E-state index contributed by atoms with van der Waals surface area (Å²) in [5.74, 6) is -0.139. The lowest BCUT2D eigenvalue weighted by Gasteiger charge is -2.15. The van der Waals surface area contributed by atoms with Crippen LogP contribution in [-0.2, 0) is 6.54 Å². The number of nitrogens with two attached hydrogens (primary N) is 1. The Labute approximate surface area is 152 Å². The molecule has 1 unspecified atom stereocenters. The summed E-state index contributed by atoms with van der Waals surface area (Å²) in [5, 5.41) is 7.86. The van der Waals surface area contributed by atoms with E-state index in [1.807, 2.05) is 25.1 Å². The molecule has 26 heavy (non-hydrogen) atoms. The molecule has 4 N–H and O–H groups in total. The number of rotatable bonds is 5. The minimum Gasteiger partial charge on any atom is -0.352 e. The van der Waals surface area contributed by atoms with E-state index >= 15 is 0 Å². The largest absolute Gasteiger partial charge is 0.352 e. The number of urea groups is 1. The van der Waals surface area contributed by atoms with E-state index in [0.29, 0.717) is 12.1 Å². The van der Waals surface area contributed by atoms with Crippen molar-refractivity contribution in [2.45, 2.75) is 19.5 Å². The van der Waals surface area contributed by atoms with Gasteiger partial charge in [0.15, 0.2) is 0 Å². The number of amides is 3. The second kappa shape index (κ2) is 7.70. The van der Waals surface area contributed by atoms with E-state index in [0.717, 1.165) is 16.5 Å². The molecule has 1 atom stereocenters. The van der Waals surface area contributed by atoms with Crippen molar-refractivity contribution >= 4 is 22.7 Å². The summed E-state index contributed by atoms with van der Waals surface area (Å²) in [5.41, 5.74) is 7.55. The first-order valence-corrected chi connectivity index (χ1v) is 8.45.